The third-order valence-corrected chi connectivity index (χ3v) is 8.74. The van der Waals surface area contributed by atoms with Crippen molar-refractivity contribution in [2.24, 2.45) is 5.41 Å². The minimum Gasteiger partial charge on any atom is -0.465 e. The lowest BCUT2D eigenvalue weighted by molar-refractivity contribution is 0.00403. The van der Waals surface area contributed by atoms with Gasteiger partial charge < -0.3 is 29.9 Å². The molecule has 11 heteroatoms. The first kappa shape index (κ1) is 28.7. The van der Waals surface area contributed by atoms with Crippen molar-refractivity contribution in [3.63, 3.8) is 0 Å². The first-order valence-corrected chi connectivity index (χ1v) is 14.3. The van der Waals surface area contributed by atoms with Crippen LogP contribution in [0.1, 0.15) is 62.9 Å². The van der Waals surface area contributed by atoms with Crippen LogP contribution < -0.4 is 10.9 Å². The molecule has 2 amide bonds. The summed E-state index contributed by atoms with van der Waals surface area (Å²) in [4.78, 5) is 44.4. The van der Waals surface area contributed by atoms with Crippen molar-refractivity contribution < 1.29 is 19.4 Å². The SMILES string of the molecule is CCC1(n2nc(Nc3ccc(C(=O)N4CCOCC4)c(C)c3)c3c(=O)[nH]ccc32)CCN(C(=O)O)C(C(C)(C)C)C1. The van der Waals surface area contributed by atoms with Gasteiger partial charge in [0.05, 0.1) is 24.3 Å². The Morgan fingerprint density at radius 2 is 1.93 bits per heavy atom. The molecule has 0 spiro atoms. The van der Waals surface area contributed by atoms with Crippen LogP contribution in [0.4, 0.5) is 16.3 Å². The number of nitrogens with zero attached hydrogens (tertiary/aromatic N) is 4. The minimum atomic E-state index is -0.912. The van der Waals surface area contributed by atoms with E-state index in [1.165, 1.54) is 0 Å². The molecule has 11 nitrogen and oxygen atoms in total. The number of hydrogen-bond acceptors (Lipinski definition) is 6. The molecule has 2 unspecified atom stereocenters. The molecule has 2 aliphatic rings. The van der Waals surface area contributed by atoms with E-state index in [1.807, 2.05) is 35.9 Å². The fourth-order valence-corrected chi connectivity index (χ4v) is 6.30. The lowest BCUT2D eigenvalue weighted by atomic mass is 9.72. The summed E-state index contributed by atoms with van der Waals surface area (Å²) in [6, 6.07) is 7.18. The van der Waals surface area contributed by atoms with Crippen LogP contribution in [0.3, 0.4) is 0 Å². The smallest absolute Gasteiger partial charge is 0.407 e. The van der Waals surface area contributed by atoms with Crippen molar-refractivity contribution in [3.8, 4) is 0 Å². The number of morpholine rings is 1. The summed E-state index contributed by atoms with van der Waals surface area (Å²) < 4.78 is 7.32. The molecule has 3 aromatic rings. The molecule has 4 heterocycles. The average Bonchev–Trinajstić information content (AvgIpc) is 3.32. The molecule has 1 aromatic carbocycles. The number of nitrogens with one attached hydrogen (secondary N) is 2. The van der Waals surface area contributed by atoms with Crippen molar-refractivity contribution in [1.29, 1.82) is 0 Å². The predicted octanol–water partition coefficient (Wildman–Crippen LogP) is 4.54. The molecule has 0 aliphatic carbocycles. The van der Waals surface area contributed by atoms with E-state index in [2.05, 4.69) is 38.0 Å². The van der Waals surface area contributed by atoms with E-state index in [1.54, 1.807) is 16.0 Å². The lowest BCUT2D eigenvalue weighted by Crippen LogP contribution is -2.57. The first-order valence-electron chi connectivity index (χ1n) is 14.3. The monoisotopic (exact) mass is 564 g/mol. The van der Waals surface area contributed by atoms with Gasteiger partial charge in [0, 0.05) is 43.1 Å². The summed E-state index contributed by atoms with van der Waals surface area (Å²) in [5, 5.41) is 18.7. The number of carboxylic acid groups (broad SMARTS) is 1. The molecule has 2 fully saturated rings. The van der Waals surface area contributed by atoms with Crippen LogP contribution >= 0.6 is 0 Å². The number of likely N-dealkylation sites (tertiary alicyclic amines) is 1. The van der Waals surface area contributed by atoms with Crippen LogP contribution in [0.15, 0.2) is 35.3 Å². The highest BCUT2D eigenvalue weighted by atomic mass is 16.5. The zero-order valence-electron chi connectivity index (χ0n) is 24.5. The van der Waals surface area contributed by atoms with E-state index >= 15 is 0 Å². The fraction of sp³-hybridized carbons (Fsp3) is 0.533. The Bertz CT molecular complexity index is 1520. The van der Waals surface area contributed by atoms with Crippen molar-refractivity contribution in [1.82, 2.24) is 24.6 Å². The highest BCUT2D eigenvalue weighted by Gasteiger charge is 2.47. The number of carbonyl (C=O) groups excluding carboxylic acids is 1. The van der Waals surface area contributed by atoms with E-state index in [9.17, 15) is 19.5 Å². The van der Waals surface area contributed by atoms with Gasteiger partial charge in [0.1, 0.15) is 5.39 Å². The number of pyridine rings is 1. The number of H-pyrrole nitrogens is 1. The number of aromatic nitrogens is 3. The first-order chi connectivity index (χ1) is 19.4. The number of anilines is 2. The fourth-order valence-electron chi connectivity index (χ4n) is 6.30. The maximum Gasteiger partial charge on any atom is 0.407 e. The van der Waals surface area contributed by atoms with Gasteiger partial charge in [-0.05, 0) is 61.4 Å². The number of aryl methyl sites for hydroxylation is 1. The molecule has 0 saturated carbocycles. The van der Waals surface area contributed by atoms with Crippen LogP contribution in [0.25, 0.3) is 10.9 Å². The Kier molecular flexibility index (Phi) is 7.58. The molecular weight excluding hydrogens is 524 g/mol. The van der Waals surface area contributed by atoms with E-state index in [0.717, 1.165) is 17.7 Å². The summed E-state index contributed by atoms with van der Waals surface area (Å²) in [5.41, 5.74) is 1.87. The Morgan fingerprint density at radius 1 is 1.20 bits per heavy atom. The van der Waals surface area contributed by atoms with E-state index in [0.29, 0.717) is 68.0 Å². The maximum atomic E-state index is 13.1. The normalized spacial score (nSPS) is 21.7. The second-order valence-corrected chi connectivity index (χ2v) is 12.3. The lowest BCUT2D eigenvalue weighted by Gasteiger charge is -2.50. The van der Waals surface area contributed by atoms with Crippen LogP contribution in [-0.2, 0) is 10.3 Å². The van der Waals surface area contributed by atoms with Gasteiger partial charge in [-0.3, -0.25) is 14.3 Å². The molecule has 5 rings (SSSR count). The third-order valence-electron chi connectivity index (χ3n) is 8.74. The maximum absolute atomic E-state index is 13.1. The molecule has 41 heavy (non-hydrogen) atoms. The Hall–Kier alpha value is -3.86. The van der Waals surface area contributed by atoms with Gasteiger partial charge in [-0.25, -0.2) is 4.79 Å². The Balaban J connectivity index is 1.52. The highest BCUT2D eigenvalue weighted by Crippen LogP contribution is 2.44. The highest BCUT2D eigenvalue weighted by molar-refractivity contribution is 5.96. The number of rotatable bonds is 5. The zero-order chi connectivity index (χ0) is 29.5. The number of aromatic amines is 1. The van der Waals surface area contributed by atoms with Crippen molar-refractivity contribution in [3.05, 3.63) is 51.9 Å². The van der Waals surface area contributed by atoms with Gasteiger partial charge in [-0.2, -0.15) is 5.10 Å². The summed E-state index contributed by atoms with van der Waals surface area (Å²) in [7, 11) is 0. The van der Waals surface area contributed by atoms with Gasteiger partial charge in [-0.1, -0.05) is 27.7 Å². The number of fused-ring (bicyclic) bond motifs is 1. The van der Waals surface area contributed by atoms with Gasteiger partial charge in [-0.15, -0.1) is 0 Å². The summed E-state index contributed by atoms with van der Waals surface area (Å²) in [6.45, 7) is 12.8. The summed E-state index contributed by atoms with van der Waals surface area (Å²) >= 11 is 0. The topological polar surface area (TPSA) is 133 Å². The van der Waals surface area contributed by atoms with Crippen molar-refractivity contribution >= 4 is 34.4 Å². The molecular formula is C30H40N6O5. The molecule has 0 bridgehead atoms. The molecule has 0 radical (unpaired) electrons. The molecule has 2 aliphatic heterocycles. The van der Waals surface area contributed by atoms with Gasteiger partial charge in [0.2, 0.25) is 0 Å². The predicted molar refractivity (Wildman–Crippen MR) is 157 cm³/mol. The quantitative estimate of drug-likeness (QED) is 0.414. The second kappa shape index (κ2) is 10.8. The Labute approximate surface area is 239 Å². The molecule has 2 aromatic heterocycles. The van der Waals surface area contributed by atoms with Crippen LogP contribution in [0, 0.1) is 12.3 Å². The van der Waals surface area contributed by atoms with Gasteiger partial charge in [0.25, 0.3) is 11.5 Å². The van der Waals surface area contributed by atoms with Crippen molar-refractivity contribution in [2.45, 2.75) is 65.5 Å². The van der Waals surface area contributed by atoms with Gasteiger partial charge >= 0.3 is 6.09 Å². The largest absolute Gasteiger partial charge is 0.465 e. The Morgan fingerprint density at radius 3 is 2.56 bits per heavy atom. The molecule has 220 valence electrons. The van der Waals surface area contributed by atoms with E-state index in [-0.39, 0.29) is 22.9 Å². The van der Waals surface area contributed by atoms with Crippen LogP contribution in [-0.4, -0.2) is 80.6 Å². The van der Waals surface area contributed by atoms with Gasteiger partial charge in [0.15, 0.2) is 5.82 Å². The molecule has 3 N–H and O–H groups in total. The average molecular weight is 565 g/mol. The molecule has 2 saturated heterocycles. The standard InChI is InChI=1S/C30H40N6O5/c1-6-30(10-12-35(28(39)40)23(18-30)29(3,4)5)36-22-9-11-31-26(37)24(22)25(33-36)32-20-7-8-21(19(2)17-20)27(38)34-13-15-41-16-14-34/h7-9,11,17,23H,6,10,12-16,18H2,1-5H3,(H,31,37)(H,32,33)(H,39,40). The van der Waals surface area contributed by atoms with Crippen LogP contribution in [0.2, 0.25) is 0 Å². The summed E-state index contributed by atoms with van der Waals surface area (Å²) in [6.07, 6.45) is 2.61. The summed E-state index contributed by atoms with van der Waals surface area (Å²) in [5.74, 6) is 0.406. The minimum absolute atomic E-state index is 0.0190. The van der Waals surface area contributed by atoms with Crippen molar-refractivity contribution in [2.75, 3.05) is 38.2 Å². The molecule has 2 atom stereocenters. The number of benzene rings is 1. The third kappa shape index (κ3) is 5.30. The van der Waals surface area contributed by atoms with Crippen LogP contribution in [0.5, 0.6) is 0 Å². The number of ether oxygens (including phenoxy) is 1. The zero-order valence-corrected chi connectivity index (χ0v) is 24.5. The van der Waals surface area contributed by atoms with E-state index < -0.39 is 11.6 Å². The number of hydrogen-bond donors (Lipinski definition) is 3. The number of amides is 2. The number of carbonyl (C=O) groups is 2. The number of piperidine rings is 1. The second-order valence-electron chi connectivity index (χ2n) is 12.3. The van der Waals surface area contributed by atoms with E-state index in [4.69, 9.17) is 9.84 Å².